The molecule has 0 unspecified atom stereocenters. The van der Waals surface area contributed by atoms with Gasteiger partial charge in [0, 0.05) is 19.5 Å². The molecule has 1 N–H and O–H groups in total. The average Bonchev–Trinajstić information content (AvgIpc) is 2.34. The van der Waals surface area contributed by atoms with E-state index in [2.05, 4.69) is 29.6 Å². The molecule has 0 saturated heterocycles. The van der Waals surface area contributed by atoms with Crippen LogP contribution in [-0.4, -0.2) is 13.2 Å². The van der Waals surface area contributed by atoms with E-state index in [4.69, 9.17) is 10.00 Å². The monoisotopic (exact) mass is 216 g/mol. The summed E-state index contributed by atoms with van der Waals surface area (Å²) in [6, 6.07) is 8.46. The summed E-state index contributed by atoms with van der Waals surface area (Å²) < 4.78 is 5.56. The van der Waals surface area contributed by atoms with Gasteiger partial charge in [-0.3, -0.25) is 0 Å². The van der Waals surface area contributed by atoms with Crippen LogP contribution in [0, 0.1) is 11.3 Å². The molecule has 84 valence electrons. The molecule has 0 aliphatic carbocycles. The van der Waals surface area contributed by atoms with Crippen LogP contribution >= 0.6 is 0 Å². The molecule has 0 amide bonds. The third-order valence-electron chi connectivity index (χ3n) is 2.72. The van der Waals surface area contributed by atoms with Crippen LogP contribution in [0.1, 0.15) is 24.0 Å². The van der Waals surface area contributed by atoms with E-state index in [9.17, 15) is 0 Å². The number of ether oxygens (including phenoxy) is 1. The smallest absolute Gasteiger partial charge is 0.122 e. The molecular formula is C13H16N2O. The van der Waals surface area contributed by atoms with Crippen molar-refractivity contribution >= 4 is 0 Å². The molecule has 16 heavy (non-hydrogen) atoms. The van der Waals surface area contributed by atoms with Crippen molar-refractivity contribution in [3.05, 3.63) is 29.3 Å². The van der Waals surface area contributed by atoms with E-state index in [0.29, 0.717) is 6.42 Å². The van der Waals surface area contributed by atoms with Gasteiger partial charge in [0.1, 0.15) is 5.75 Å². The van der Waals surface area contributed by atoms with Gasteiger partial charge in [0.2, 0.25) is 0 Å². The normalized spacial score (nSPS) is 13.7. The van der Waals surface area contributed by atoms with Crippen molar-refractivity contribution in [3.8, 4) is 11.8 Å². The maximum atomic E-state index is 8.42. The van der Waals surface area contributed by atoms with Gasteiger partial charge in [0.25, 0.3) is 0 Å². The van der Waals surface area contributed by atoms with Crippen molar-refractivity contribution < 1.29 is 4.74 Å². The maximum Gasteiger partial charge on any atom is 0.122 e. The molecule has 3 heteroatoms. The van der Waals surface area contributed by atoms with E-state index in [0.717, 1.165) is 38.3 Å². The lowest BCUT2D eigenvalue weighted by Gasteiger charge is -2.17. The second-order valence-electron chi connectivity index (χ2n) is 3.98. The zero-order chi connectivity index (χ0) is 11.2. The molecular weight excluding hydrogens is 200 g/mol. The van der Waals surface area contributed by atoms with Crippen LogP contribution < -0.4 is 10.1 Å². The molecule has 1 aliphatic heterocycles. The summed E-state index contributed by atoms with van der Waals surface area (Å²) in [4.78, 5) is 0. The third-order valence-corrected chi connectivity index (χ3v) is 2.72. The number of aryl methyl sites for hydroxylation is 1. The van der Waals surface area contributed by atoms with Crippen LogP contribution in [0.15, 0.2) is 18.2 Å². The maximum absolute atomic E-state index is 8.42. The number of fused-ring (bicyclic) bond motifs is 1. The van der Waals surface area contributed by atoms with Crippen molar-refractivity contribution in [1.29, 1.82) is 5.26 Å². The molecule has 0 spiro atoms. The fourth-order valence-electron chi connectivity index (χ4n) is 1.90. The molecule has 3 nitrogen and oxygen atoms in total. The van der Waals surface area contributed by atoms with Gasteiger partial charge in [-0.05, 0) is 30.0 Å². The van der Waals surface area contributed by atoms with Crippen LogP contribution in [-0.2, 0) is 13.0 Å². The first-order valence-electron chi connectivity index (χ1n) is 5.72. The number of hydrogen-bond acceptors (Lipinski definition) is 3. The van der Waals surface area contributed by atoms with Crippen LogP contribution in [0.4, 0.5) is 0 Å². The fourth-order valence-corrected chi connectivity index (χ4v) is 1.90. The number of benzene rings is 1. The van der Waals surface area contributed by atoms with E-state index in [-0.39, 0.29) is 0 Å². The summed E-state index contributed by atoms with van der Waals surface area (Å²) in [5.41, 5.74) is 2.58. The largest absolute Gasteiger partial charge is 0.493 e. The average molecular weight is 216 g/mol. The zero-order valence-corrected chi connectivity index (χ0v) is 9.33. The van der Waals surface area contributed by atoms with Crippen LogP contribution in [0.3, 0.4) is 0 Å². The Labute approximate surface area is 96.0 Å². The fraction of sp³-hybridized carbons (Fsp3) is 0.462. The summed E-state index contributed by atoms with van der Waals surface area (Å²) in [6.45, 7) is 2.42. The van der Waals surface area contributed by atoms with E-state index in [1.165, 1.54) is 11.1 Å². The quantitative estimate of drug-likeness (QED) is 0.783. The molecule has 0 atom stereocenters. The van der Waals surface area contributed by atoms with Crippen LogP contribution in [0.5, 0.6) is 5.75 Å². The highest BCUT2D eigenvalue weighted by molar-refractivity contribution is 5.38. The standard InChI is InChI=1S/C13H16N2O/c14-6-2-7-15-10-11-4-5-13-12(9-11)3-1-8-16-13/h4-5,9,15H,1-3,7-8,10H2. The lowest BCUT2D eigenvalue weighted by molar-refractivity contribution is 0.288. The molecule has 0 fully saturated rings. The van der Waals surface area contributed by atoms with E-state index in [1.807, 2.05) is 0 Å². The highest BCUT2D eigenvalue weighted by atomic mass is 16.5. The Balaban J connectivity index is 1.93. The van der Waals surface area contributed by atoms with E-state index in [1.54, 1.807) is 0 Å². The van der Waals surface area contributed by atoms with Gasteiger partial charge >= 0.3 is 0 Å². The molecule has 0 saturated carbocycles. The Morgan fingerprint density at radius 2 is 2.38 bits per heavy atom. The number of nitrogens with zero attached hydrogens (tertiary/aromatic N) is 1. The Morgan fingerprint density at radius 3 is 3.25 bits per heavy atom. The molecule has 1 aromatic carbocycles. The van der Waals surface area contributed by atoms with Gasteiger partial charge in [-0.25, -0.2) is 0 Å². The SMILES string of the molecule is N#CCCNCc1ccc2c(c1)CCCO2. The second-order valence-corrected chi connectivity index (χ2v) is 3.98. The first kappa shape index (κ1) is 11.0. The van der Waals surface area contributed by atoms with Gasteiger partial charge in [0.15, 0.2) is 0 Å². The van der Waals surface area contributed by atoms with Gasteiger partial charge in [-0.2, -0.15) is 5.26 Å². The Morgan fingerprint density at radius 1 is 1.44 bits per heavy atom. The van der Waals surface area contributed by atoms with E-state index >= 15 is 0 Å². The molecule has 0 aromatic heterocycles. The minimum Gasteiger partial charge on any atom is -0.493 e. The molecule has 1 aliphatic rings. The van der Waals surface area contributed by atoms with Crippen molar-refractivity contribution in [3.63, 3.8) is 0 Å². The van der Waals surface area contributed by atoms with Gasteiger partial charge in [-0.1, -0.05) is 12.1 Å². The third kappa shape index (κ3) is 2.74. The van der Waals surface area contributed by atoms with Crippen molar-refractivity contribution in [2.45, 2.75) is 25.8 Å². The van der Waals surface area contributed by atoms with Gasteiger partial charge in [-0.15, -0.1) is 0 Å². The highest BCUT2D eigenvalue weighted by Gasteiger charge is 2.09. The molecule has 2 rings (SSSR count). The Bertz CT molecular complexity index is 395. The first-order valence-corrected chi connectivity index (χ1v) is 5.72. The second kappa shape index (κ2) is 5.53. The van der Waals surface area contributed by atoms with Crippen LogP contribution in [0.2, 0.25) is 0 Å². The minimum absolute atomic E-state index is 0.564. The van der Waals surface area contributed by atoms with Crippen molar-refractivity contribution in [1.82, 2.24) is 5.32 Å². The number of rotatable bonds is 4. The Hall–Kier alpha value is -1.53. The molecule has 1 heterocycles. The van der Waals surface area contributed by atoms with E-state index < -0.39 is 0 Å². The summed E-state index contributed by atoms with van der Waals surface area (Å²) in [5.74, 6) is 1.03. The predicted octanol–water partition coefficient (Wildman–Crippen LogP) is 2.01. The predicted molar refractivity (Wildman–Crippen MR) is 62.2 cm³/mol. The van der Waals surface area contributed by atoms with Crippen molar-refractivity contribution in [2.24, 2.45) is 0 Å². The summed E-state index contributed by atoms with van der Waals surface area (Å²) in [5, 5.41) is 11.7. The first-order chi connectivity index (χ1) is 7.90. The summed E-state index contributed by atoms with van der Waals surface area (Å²) >= 11 is 0. The molecule has 0 radical (unpaired) electrons. The number of hydrogen-bond donors (Lipinski definition) is 1. The zero-order valence-electron chi connectivity index (χ0n) is 9.33. The number of nitrogens with one attached hydrogen (secondary N) is 1. The highest BCUT2D eigenvalue weighted by Crippen LogP contribution is 2.25. The van der Waals surface area contributed by atoms with Crippen LogP contribution in [0.25, 0.3) is 0 Å². The Kier molecular flexibility index (Phi) is 3.79. The summed E-state index contributed by atoms with van der Waals surface area (Å²) in [6.07, 6.45) is 2.79. The number of nitriles is 1. The molecule has 1 aromatic rings. The minimum atomic E-state index is 0.564. The molecule has 0 bridgehead atoms. The lowest BCUT2D eigenvalue weighted by atomic mass is 10.0. The van der Waals surface area contributed by atoms with Gasteiger partial charge in [0.05, 0.1) is 12.7 Å². The van der Waals surface area contributed by atoms with Gasteiger partial charge < -0.3 is 10.1 Å². The van der Waals surface area contributed by atoms with Crippen molar-refractivity contribution in [2.75, 3.05) is 13.2 Å². The summed E-state index contributed by atoms with van der Waals surface area (Å²) in [7, 11) is 0. The lowest BCUT2D eigenvalue weighted by Crippen LogP contribution is -2.15. The topological polar surface area (TPSA) is 45.0 Å².